The lowest BCUT2D eigenvalue weighted by Gasteiger charge is -2.06. The minimum absolute atomic E-state index is 0.145. The van der Waals surface area contributed by atoms with Crippen LogP contribution < -0.4 is 10.5 Å². The lowest BCUT2D eigenvalue weighted by atomic mass is 10.3. The zero-order valence-corrected chi connectivity index (χ0v) is 9.79. The molecule has 0 aliphatic heterocycles. The number of hydrogen-bond acceptors (Lipinski definition) is 5. The summed E-state index contributed by atoms with van der Waals surface area (Å²) >= 11 is 5.90. The first kappa shape index (κ1) is 12.1. The molecule has 0 aliphatic carbocycles. The van der Waals surface area contributed by atoms with Crippen LogP contribution in [0.5, 0.6) is 11.6 Å². The zero-order valence-electron chi connectivity index (χ0n) is 9.04. The van der Waals surface area contributed by atoms with E-state index in [-0.39, 0.29) is 17.4 Å². The minimum atomic E-state index is -0.610. The van der Waals surface area contributed by atoms with Crippen molar-refractivity contribution in [2.45, 2.75) is 0 Å². The molecule has 7 heteroatoms. The Morgan fingerprint density at radius 1 is 1.28 bits per heavy atom. The predicted octanol–water partition coefficient (Wildman–Crippen LogP) is 3.02. The topological polar surface area (TPSA) is 91.3 Å². The number of anilines is 1. The smallest absolute Gasteiger partial charge is 0.311 e. The van der Waals surface area contributed by atoms with Crippen LogP contribution in [0.4, 0.5) is 11.5 Å². The molecule has 2 rings (SSSR count). The number of nitrogens with two attached hydrogens (primary N) is 1. The van der Waals surface area contributed by atoms with Crippen molar-refractivity contribution >= 4 is 23.1 Å². The second kappa shape index (κ2) is 4.89. The maximum Gasteiger partial charge on any atom is 0.311 e. The number of para-hydroxylation sites is 1. The van der Waals surface area contributed by atoms with Crippen molar-refractivity contribution in [2.75, 3.05) is 5.73 Å². The first-order chi connectivity index (χ1) is 8.58. The van der Waals surface area contributed by atoms with Crippen molar-refractivity contribution in [2.24, 2.45) is 0 Å². The summed E-state index contributed by atoms with van der Waals surface area (Å²) in [5.74, 6) is 0.343. The molecule has 18 heavy (non-hydrogen) atoms. The summed E-state index contributed by atoms with van der Waals surface area (Å²) in [6.07, 6.45) is 0. The maximum absolute atomic E-state index is 10.6. The van der Waals surface area contributed by atoms with Crippen LogP contribution in [-0.4, -0.2) is 9.91 Å². The molecule has 0 saturated carbocycles. The SMILES string of the molecule is Nc1nc(Oc2ccccc2Cl)ccc1[N+](=O)[O-]. The molecule has 0 radical (unpaired) electrons. The third-order valence-corrected chi connectivity index (χ3v) is 2.44. The molecule has 0 spiro atoms. The molecule has 1 aromatic heterocycles. The van der Waals surface area contributed by atoms with E-state index in [2.05, 4.69) is 4.98 Å². The molecule has 6 nitrogen and oxygen atoms in total. The highest BCUT2D eigenvalue weighted by Crippen LogP contribution is 2.29. The number of halogens is 1. The quantitative estimate of drug-likeness (QED) is 0.680. The first-order valence-corrected chi connectivity index (χ1v) is 5.29. The van der Waals surface area contributed by atoms with E-state index in [1.807, 2.05) is 0 Å². The number of pyridine rings is 1. The van der Waals surface area contributed by atoms with Crippen LogP contribution in [0.2, 0.25) is 5.02 Å². The number of nitrogen functional groups attached to an aromatic ring is 1. The lowest BCUT2D eigenvalue weighted by molar-refractivity contribution is -0.384. The van der Waals surface area contributed by atoms with Gasteiger partial charge in [-0.05, 0) is 12.1 Å². The fourth-order valence-electron chi connectivity index (χ4n) is 1.30. The maximum atomic E-state index is 10.6. The minimum Gasteiger partial charge on any atom is -0.437 e. The van der Waals surface area contributed by atoms with Gasteiger partial charge in [-0.15, -0.1) is 0 Å². The van der Waals surface area contributed by atoms with Gasteiger partial charge in [-0.1, -0.05) is 23.7 Å². The van der Waals surface area contributed by atoms with Crippen molar-refractivity contribution in [3.05, 3.63) is 51.5 Å². The second-order valence-corrected chi connectivity index (χ2v) is 3.75. The molecule has 0 fully saturated rings. The van der Waals surface area contributed by atoms with Crippen molar-refractivity contribution < 1.29 is 9.66 Å². The van der Waals surface area contributed by atoms with E-state index in [1.165, 1.54) is 12.1 Å². The Labute approximate surface area is 107 Å². The monoisotopic (exact) mass is 265 g/mol. The van der Waals surface area contributed by atoms with Gasteiger partial charge in [0, 0.05) is 12.1 Å². The van der Waals surface area contributed by atoms with Gasteiger partial charge in [0.2, 0.25) is 11.7 Å². The molecule has 0 aliphatic rings. The summed E-state index contributed by atoms with van der Waals surface area (Å²) < 4.78 is 5.38. The zero-order chi connectivity index (χ0) is 13.1. The summed E-state index contributed by atoms with van der Waals surface area (Å²) in [5, 5.41) is 11.0. The van der Waals surface area contributed by atoms with Gasteiger partial charge in [0.05, 0.1) is 9.95 Å². The van der Waals surface area contributed by atoms with Gasteiger partial charge >= 0.3 is 5.69 Å². The molecule has 0 amide bonds. The highest BCUT2D eigenvalue weighted by atomic mass is 35.5. The molecule has 2 aromatic rings. The van der Waals surface area contributed by atoms with E-state index in [0.29, 0.717) is 10.8 Å². The van der Waals surface area contributed by atoms with Crippen molar-refractivity contribution in [3.63, 3.8) is 0 Å². The average molecular weight is 266 g/mol. The van der Waals surface area contributed by atoms with E-state index in [0.717, 1.165) is 0 Å². The second-order valence-electron chi connectivity index (χ2n) is 3.34. The van der Waals surface area contributed by atoms with Crippen LogP contribution in [0.3, 0.4) is 0 Å². The number of rotatable bonds is 3. The molecule has 2 N–H and O–H groups in total. The fraction of sp³-hybridized carbons (Fsp3) is 0. The Morgan fingerprint density at radius 3 is 2.61 bits per heavy atom. The van der Waals surface area contributed by atoms with Gasteiger partial charge in [-0.3, -0.25) is 10.1 Å². The van der Waals surface area contributed by atoms with Crippen LogP contribution in [0.1, 0.15) is 0 Å². The normalized spacial score (nSPS) is 10.1. The Kier molecular flexibility index (Phi) is 3.29. The van der Waals surface area contributed by atoms with Crippen LogP contribution in [-0.2, 0) is 0 Å². The molecule has 0 atom stereocenters. The Hall–Kier alpha value is -2.34. The van der Waals surface area contributed by atoms with Gasteiger partial charge < -0.3 is 10.5 Å². The predicted molar refractivity (Wildman–Crippen MR) is 66.8 cm³/mol. The van der Waals surface area contributed by atoms with Gasteiger partial charge in [-0.2, -0.15) is 4.98 Å². The van der Waals surface area contributed by atoms with E-state index in [4.69, 9.17) is 22.1 Å². The molecular formula is C11H8ClN3O3. The van der Waals surface area contributed by atoms with Gasteiger partial charge in [0.25, 0.3) is 0 Å². The van der Waals surface area contributed by atoms with Crippen LogP contribution in [0, 0.1) is 10.1 Å². The Morgan fingerprint density at radius 2 is 2.00 bits per heavy atom. The molecule has 0 saturated heterocycles. The summed E-state index contributed by atoms with van der Waals surface area (Å²) in [7, 11) is 0. The fourth-order valence-corrected chi connectivity index (χ4v) is 1.47. The van der Waals surface area contributed by atoms with Gasteiger partial charge in [0.15, 0.2) is 0 Å². The summed E-state index contributed by atoms with van der Waals surface area (Å²) in [4.78, 5) is 13.7. The number of benzene rings is 1. The van der Waals surface area contributed by atoms with E-state index in [1.54, 1.807) is 24.3 Å². The number of hydrogen-bond donors (Lipinski definition) is 1. The molecule has 0 unspecified atom stereocenters. The summed E-state index contributed by atoms with van der Waals surface area (Å²) in [6, 6.07) is 9.41. The van der Waals surface area contributed by atoms with Crippen molar-refractivity contribution in [1.29, 1.82) is 0 Å². The van der Waals surface area contributed by atoms with Crippen molar-refractivity contribution in [3.8, 4) is 11.6 Å². The first-order valence-electron chi connectivity index (χ1n) is 4.91. The van der Waals surface area contributed by atoms with E-state index in [9.17, 15) is 10.1 Å². The standard InChI is InChI=1S/C11H8ClN3O3/c12-7-3-1-2-4-9(7)18-10-6-5-8(15(16)17)11(13)14-10/h1-6H,(H2,13,14). The third-order valence-electron chi connectivity index (χ3n) is 2.12. The molecule has 1 heterocycles. The molecule has 1 aromatic carbocycles. The molecule has 92 valence electrons. The van der Waals surface area contributed by atoms with E-state index < -0.39 is 4.92 Å². The highest BCUT2D eigenvalue weighted by molar-refractivity contribution is 6.32. The molecule has 0 bridgehead atoms. The number of ether oxygens (including phenoxy) is 1. The van der Waals surface area contributed by atoms with Gasteiger partial charge in [-0.25, -0.2) is 0 Å². The summed E-state index contributed by atoms with van der Waals surface area (Å²) in [5.41, 5.74) is 5.19. The number of nitro groups is 1. The highest BCUT2D eigenvalue weighted by Gasteiger charge is 2.14. The van der Waals surface area contributed by atoms with Crippen LogP contribution in [0.15, 0.2) is 36.4 Å². The van der Waals surface area contributed by atoms with Gasteiger partial charge in [0.1, 0.15) is 5.75 Å². The number of nitrogens with zero attached hydrogens (tertiary/aromatic N) is 2. The van der Waals surface area contributed by atoms with Crippen LogP contribution >= 0.6 is 11.6 Å². The average Bonchev–Trinajstić information content (AvgIpc) is 2.32. The van der Waals surface area contributed by atoms with Crippen LogP contribution in [0.25, 0.3) is 0 Å². The Bertz CT molecular complexity index is 604. The third kappa shape index (κ3) is 2.49. The summed E-state index contributed by atoms with van der Waals surface area (Å²) in [6.45, 7) is 0. The number of aromatic nitrogens is 1. The van der Waals surface area contributed by atoms with E-state index >= 15 is 0 Å². The largest absolute Gasteiger partial charge is 0.437 e. The lowest BCUT2D eigenvalue weighted by Crippen LogP contribution is -1.99. The Balaban J connectivity index is 2.29. The van der Waals surface area contributed by atoms with Crippen molar-refractivity contribution in [1.82, 2.24) is 4.98 Å². The molecular weight excluding hydrogens is 258 g/mol.